The van der Waals surface area contributed by atoms with Crippen molar-refractivity contribution in [3.8, 4) is 23.6 Å². The first kappa shape index (κ1) is 23.2. The zero-order valence-electron chi connectivity index (χ0n) is 21.5. The SMILES string of the molecule is [2H]c1cc(-c2ccc3nc(C)n(CC(F)F)c3n2)c2c(N)nc(=N[C@H]3CCN(C4(C#C)COC4)C[C@H]3F)[nH]n12. The first-order valence-electron chi connectivity index (χ1n) is 12.7. The van der Waals surface area contributed by atoms with E-state index in [1.807, 2.05) is 4.90 Å². The van der Waals surface area contributed by atoms with Crippen LogP contribution in [-0.2, 0) is 11.3 Å². The van der Waals surface area contributed by atoms with Gasteiger partial charge in [0.05, 0.1) is 32.9 Å². The van der Waals surface area contributed by atoms with Crippen LogP contribution < -0.4 is 11.4 Å². The number of rotatable bonds is 5. The van der Waals surface area contributed by atoms with Gasteiger partial charge in [-0.05, 0) is 31.5 Å². The normalized spacial score (nSPS) is 22.6. The quantitative estimate of drug-likeness (QED) is 0.384. The largest absolute Gasteiger partial charge is 0.382 e. The van der Waals surface area contributed by atoms with Crippen LogP contribution in [0.4, 0.5) is 19.0 Å². The lowest BCUT2D eigenvalue weighted by Gasteiger charge is -2.48. The number of piperidine rings is 1. The number of nitrogens with one attached hydrogen (secondary N) is 1. The number of nitrogens with two attached hydrogens (primary N) is 1. The molecule has 0 aromatic carbocycles. The van der Waals surface area contributed by atoms with E-state index in [9.17, 15) is 8.78 Å². The maximum atomic E-state index is 15.1. The molecular formula is C25H26F3N9O. The third-order valence-electron chi connectivity index (χ3n) is 7.23. The van der Waals surface area contributed by atoms with Gasteiger partial charge >= 0.3 is 0 Å². The highest BCUT2D eigenvalue weighted by molar-refractivity contribution is 5.88. The molecule has 198 valence electrons. The molecule has 0 bridgehead atoms. The molecule has 0 spiro atoms. The second-order valence-corrected chi connectivity index (χ2v) is 9.62. The molecule has 0 amide bonds. The van der Waals surface area contributed by atoms with Crippen LogP contribution >= 0.6 is 0 Å². The van der Waals surface area contributed by atoms with E-state index >= 15 is 4.39 Å². The number of H-pyrrole nitrogens is 1. The fourth-order valence-electron chi connectivity index (χ4n) is 5.13. The zero-order chi connectivity index (χ0) is 27.5. The van der Waals surface area contributed by atoms with E-state index < -0.39 is 30.7 Å². The lowest BCUT2D eigenvalue weighted by atomic mass is 9.91. The van der Waals surface area contributed by atoms with Crippen molar-refractivity contribution in [3.05, 3.63) is 35.8 Å². The van der Waals surface area contributed by atoms with Crippen LogP contribution in [0.5, 0.6) is 0 Å². The number of alkyl halides is 3. The maximum Gasteiger partial charge on any atom is 0.256 e. The fraction of sp³-hybridized carbons (Fsp3) is 0.440. The topological polar surface area (TPSA) is 115 Å². The Bertz CT molecular complexity index is 1680. The molecule has 13 heteroatoms. The molecule has 2 fully saturated rings. The van der Waals surface area contributed by atoms with Crippen molar-refractivity contribution in [2.24, 2.45) is 4.99 Å². The van der Waals surface area contributed by atoms with Crippen molar-refractivity contribution < 1.29 is 19.3 Å². The monoisotopic (exact) mass is 526 g/mol. The van der Waals surface area contributed by atoms with E-state index in [-0.39, 0.29) is 24.2 Å². The predicted octanol–water partition coefficient (Wildman–Crippen LogP) is 1.95. The van der Waals surface area contributed by atoms with Gasteiger partial charge in [0.25, 0.3) is 6.43 Å². The summed E-state index contributed by atoms with van der Waals surface area (Å²) >= 11 is 0. The molecule has 38 heavy (non-hydrogen) atoms. The van der Waals surface area contributed by atoms with Crippen molar-refractivity contribution in [1.82, 2.24) is 34.0 Å². The van der Waals surface area contributed by atoms with Gasteiger partial charge in [-0.3, -0.25) is 14.5 Å². The molecule has 6 rings (SSSR count). The second-order valence-electron chi connectivity index (χ2n) is 9.62. The molecular weight excluding hydrogens is 499 g/mol. The molecule has 0 radical (unpaired) electrons. The Labute approximate surface area is 216 Å². The number of nitrogen functional groups attached to an aromatic ring is 1. The number of aryl methyl sites for hydroxylation is 1. The number of halogens is 3. The number of anilines is 1. The standard InChI is InChI=1S/C25H26F3N9O/c1-3-25(12-38-13-25)35-8-7-18(16(26)10-35)32-24-33-22(29)21-15(6-9-37(21)34-24)17-4-5-19-23(31-17)36(11-20(27)28)14(2)30-19/h1,4-6,9,16,18,20H,7-8,10-13H2,2H3,(H3,29,32,33,34)/t16-,18+/m1/s1/i9D. The van der Waals surface area contributed by atoms with Gasteiger partial charge in [0.1, 0.15) is 28.6 Å². The molecule has 2 aliphatic rings. The van der Waals surface area contributed by atoms with Gasteiger partial charge in [0.15, 0.2) is 11.5 Å². The van der Waals surface area contributed by atoms with Crippen LogP contribution in [0, 0.1) is 19.3 Å². The molecule has 2 aliphatic heterocycles. The number of terminal acetylenes is 1. The van der Waals surface area contributed by atoms with Crippen molar-refractivity contribution in [2.45, 2.75) is 44.1 Å². The molecule has 2 saturated heterocycles. The van der Waals surface area contributed by atoms with E-state index in [0.717, 1.165) is 0 Å². The number of hydrogen-bond donors (Lipinski definition) is 2. The fourth-order valence-corrected chi connectivity index (χ4v) is 5.13. The van der Waals surface area contributed by atoms with E-state index in [4.69, 9.17) is 18.3 Å². The summed E-state index contributed by atoms with van der Waals surface area (Å²) in [5.41, 5.74) is 7.89. The van der Waals surface area contributed by atoms with Crippen LogP contribution in [0.25, 0.3) is 27.9 Å². The first-order chi connectivity index (χ1) is 18.7. The Morgan fingerprint density at radius 1 is 1.34 bits per heavy atom. The Balaban J connectivity index is 1.34. The number of nitrogens with zero attached hydrogens (tertiary/aromatic N) is 7. The lowest BCUT2D eigenvalue weighted by Crippen LogP contribution is -2.65. The Morgan fingerprint density at radius 2 is 2.16 bits per heavy atom. The van der Waals surface area contributed by atoms with Gasteiger partial charge in [0.2, 0.25) is 5.62 Å². The molecule has 4 aromatic heterocycles. The zero-order valence-corrected chi connectivity index (χ0v) is 20.5. The summed E-state index contributed by atoms with van der Waals surface area (Å²) in [5, 5.41) is 2.94. The number of imidazole rings is 1. The summed E-state index contributed by atoms with van der Waals surface area (Å²) in [6.07, 6.45) is 2.31. The van der Waals surface area contributed by atoms with Crippen LogP contribution in [0.2, 0.25) is 0 Å². The number of aromatic nitrogens is 6. The minimum absolute atomic E-state index is 0.0391. The highest BCUT2D eigenvalue weighted by Crippen LogP contribution is 2.30. The number of aromatic amines is 1. The van der Waals surface area contributed by atoms with Gasteiger partial charge < -0.3 is 15.0 Å². The number of ether oxygens (including phenoxy) is 1. The van der Waals surface area contributed by atoms with Crippen molar-refractivity contribution in [1.29, 1.82) is 0 Å². The molecule has 2 atom stereocenters. The van der Waals surface area contributed by atoms with E-state index in [2.05, 4.69) is 31.0 Å². The minimum Gasteiger partial charge on any atom is -0.382 e. The second kappa shape index (κ2) is 9.14. The van der Waals surface area contributed by atoms with Gasteiger partial charge in [0, 0.05) is 24.8 Å². The predicted molar refractivity (Wildman–Crippen MR) is 134 cm³/mol. The van der Waals surface area contributed by atoms with E-state index in [1.54, 1.807) is 25.1 Å². The first-order valence-corrected chi connectivity index (χ1v) is 12.2. The van der Waals surface area contributed by atoms with Gasteiger partial charge in [-0.2, -0.15) is 4.98 Å². The minimum atomic E-state index is -2.57. The summed E-state index contributed by atoms with van der Waals surface area (Å²) in [6.45, 7) is 2.58. The number of likely N-dealkylation sites (tertiary alicyclic amines) is 1. The Hall–Kier alpha value is -3.89. The number of pyridine rings is 1. The summed E-state index contributed by atoms with van der Waals surface area (Å²) in [7, 11) is 0. The summed E-state index contributed by atoms with van der Waals surface area (Å²) < 4.78 is 57.9. The van der Waals surface area contributed by atoms with Gasteiger partial charge in [-0.25, -0.2) is 28.1 Å². The van der Waals surface area contributed by atoms with Crippen LogP contribution in [-0.4, -0.2) is 84.5 Å². The van der Waals surface area contributed by atoms with E-state index in [0.29, 0.717) is 59.9 Å². The average molecular weight is 527 g/mol. The summed E-state index contributed by atoms with van der Waals surface area (Å²) in [6, 6.07) is 4.25. The van der Waals surface area contributed by atoms with Gasteiger partial charge in [-0.1, -0.05) is 5.92 Å². The molecule has 4 aromatic rings. The molecule has 0 aliphatic carbocycles. The average Bonchev–Trinajstić information content (AvgIpc) is 3.36. The van der Waals surface area contributed by atoms with E-state index in [1.165, 1.54) is 9.08 Å². The van der Waals surface area contributed by atoms with Crippen molar-refractivity contribution in [2.75, 3.05) is 32.0 Å². The summed E-state index contributed by atoms with van der Waals surface area (Å²) in [5.74, 6) is 3.23. The number of fused-ring (bicyclic) bond motifs is 2. The number of hydrogen-bond acceptors (Lipinski definition) is 7. The molecule has 10 nitrogen and oxygen atoms in total. The van der Waals surface area contributed by atoms with Crippen molar-refractivity contribution >= 4 is 22.5 Å². The summed E-state index contributed by atoms with van der Waals surface area (Å²) in [4.78, 5) is 19.6. The third kappa shape index (κ3) is 4.00. The molecule has 3 N–H and O–H groups in total. The molecule has 0 unspecified atom stereocenters. The lowest BCUT2D eigenvalue weighted by molar-refractivity contribution is -0.120. The maximum absolute atomic E-state index is 15.1. The van der Waals surface area contributed by atoms with Crippen LogP contribution in [0.15, 0.2) is 29.4 Å². The Morgan fingerprint density at radius 3 is 2.84 bits per heavy atom. The van der Waals surface area contributed by atoms with Crippen molar-refractivity contribution in [3.63, 3.8) is 0 Å². The smallest absolute Gasteiger partial charge is 0.256 e. The Kier molecular flexibility index (Phi) is 5.59. The molecule has 6 heterocycles. The van der Waals surface area contributed by atoms with Gasteiger partial charge in [-0.15, -0.1) is 6.42 Å². The molecule has 0 saturated carbocycles. The third-order valence-corrected chi connectivity index (χ3v) is 7.23. The highest BCUT2D eigenvalue weighted by Gasteiger charge is 2.46. The highest BCUT2D eigenvalue weighted by atomic mass is 19.3. The van der Waals surface area contributed by atoms with Crippen LogP contribution in [0.1, 0.15) is 13.6 Å². The van der Waals surface area contributed by atoms with Crippen LogP contribution in [0.3, 0.4) is 0 Å².